The van der Waals surface area contributed by atoms with Crippen LogP contribution in [0.15, 0.2) is 24.3 Å². The van der Waals surface area contributed by atoms with Gasteiger partial charge in [-0.05, 0) is 25.5 Å². The molecule has 0 radical (unpaired) electrons. The topological polar surface area (TPSA) is 84.7 Å². The molecular formula is C17H27N3O3. The van der Waals surface area contributed by atoms with E-state index in [1.165, 1.54) is 4.90 Å². The zero-order chi connectivity index (χ0) is 17.2. The second-order valence-electron chi connectivity index (χ2n) is 5.54. The Morgan fingerprint density at radius 3 is 2.61 bits per heavy atom. The van der Waals surface area contributed by atoms with Gasteiger partial charge in [0.2, 0.25) is 5.91 Å². The molecule has 2 amide bonds. The van der Waals surface area contributed by atoms with Crippen LogP contribution in [-0.2, 0) is 9.59 Å². The van der Waals surface area contributed by atoms with Gasteiger partial charge in [-0.15, -0.1) is 0 Å². The van der Waals surface area contributed by atoms with Gasteiger partial charge in [0.05, 0.1) is 6.04 Å². The predicted octanol–water partition coefficient (Wildman–Crippen LogP) is 1.46. The van der Waals surface area contributed by atoms with Crippen LogP contribution in [-0.4, -0.2) is 44.0 Å². The molecule has 0 aliphatic heterocycles. The number of hydrogen-bond donors (Lipinski definition) is 2. The van der Waals surface area contributed by atoms with Crippen LogP contribution in [0.4, 0.5) is 0 Å². The van der Waals surface area contributed by atoms with Crippen molar-refractivity contribution in [1.82, 2.24) is 10.2 Å². The van der Waals surface area contributed by atoms with Crippen molar-refractivity contribution in [1.29, 1.82) is 0 Å². The molecule has 0 aliphatic rings. The zero-order valence-electron chi connectivity index (χ0n) is 14.2. The molecule has 1 aromatic rings. The third kappa shape index (κ3) is 6.28. The minimum atomic E-state index is -0.147. The van der Waals surface area contributed by atoms with Crippen LogP contribution in [0.2, 0.25) is 0 Å². The maximum atomic E-state index is 11.9. The van der Waals surface area contributed by atoms with Gasteiger partial charge >= 0.3 is 0 Å². The van der Waals surface area contributed by atoms with Crippen molar-refractivity contribution in [2.45, 2.75) is 32.2 Å². The van der Waals surface area contributed by atoms with Crippen molar-refractivity contribution >= 4 is 11.8 Å². The van der Waals surface area contributed by atoms with Crippen LogP contribution < -0.4 is 15.8 Å². The summed E-state index contributed by atoms with van der Waals surface area (Å²) in [5.74, 6) is 0.481. The average Bonchev–Trinajstić information content (AvgIpc) is 2.55. The summed E-state index contributed by atoms with van der Waals surface area (Å²) in [6.45, 7) is 2.47. The fourth-order valence-electron chi connectivity index (χ4n) is 2.10. The van der Waals surface area contributed by atoms with Gasteiger partial charge in [0.15, 0.2) is 6.61 Å². The van der Waals surface area contributed by atoms with Crippen molar-refractivity contribution in [3.8, 4) is 5.75 Å². The fraction of sp³-hybridized carbons (Fsp3) is 0.529. The van der Waals surface area contributed by atoms with Crippen LogP contribution in [0.3, 0.4) is 0 Å². The largest absolute Gasteiger partial charge is 0.483 e. The lowest BCUT2D eigenvalue weighted by atomic mass is 10.0. The number of nitrogens with zero attached hydrogens (tertiary/aromatic N) is 1. The van der Waals surface area contributed by atoms with Crippen molar-refractivity contribution in [3.63, 3.8) is 0 Å². The molecule has 1 rings (SSSR count). The molecule has 0 aliphatic carbocycles. The van der Waals surface area contributed by atoms with E-state index in [0.717, 1.165) is 12.0 Å². The van der Waals surface area contributed by atoms with Crippen molar-refractivity contribution in [3.05, 3.63) is 29.8 Å². The molecule has 6 heteroatoms. The number of ether oxygens (including phenoxy) is 1. The first-order chi connectivity index (χ1) is 11.0. The van der Waals surface area contributed by atoms with E-state index < -0.39 is 0 Å². The maximum absolute atomic E-state index is 11.9. The highest BCUT2D eigenvalue weighted by molar-refractivity contribution is 5.77. The van der Waals surface area contributed by atoms with E-state index >= 15 is 0 Å². The summed E-state index contributed by atoms with van der Waals surface area (Å²) in [7, 11) is 3.37. The Kier molecular flexibility index (Phi) is 8.11. The summed E-state index contributed by atoms with van der Waals surface area (Å²) in [6, 6.07) is 7.32. The summed E-state index contributed by atoms with van der Waals surface area (Å²) >= 11 is 0. The fourth-order valence-corrected chi connectivity index (χ4v) is 2.10. The van der Waals surface area contributed by atoms with Crippen LogP contribution in [0.25, 0.3) is 0 Å². The molecule has 0 saturated heterocycles. The SMILES string of the molecule is CCC(NC(=O)CCCN)c1ccccc1OCC(=O)N(C)C. The smallest absolute Gasteiger partial charge is 0.259 e. The quantitative estimate of drug-likeness (QED) is 0.721. The van der Waals surface area contributed by atoms with Crippen LogP contribution in [0.5, 0.6) is 5.75 Å². The Labute approximate surface area is 138 Å². The summed E-state index contributed by atoms with van der Waals surface area (Å²) in [6.07, 6.45) is 1.81. The Bertz CT molecular complexity index is 518. The first kappa shape index (κ1) is 19.0. The van der Waals surface area contributed by atoms with Crippen LogP contribution in [0, 0.1) is 0 Å². The summed E-state index contributed by atoms with van der Waals surface area (Å²) in [4.78, 5) is 25.1. The second-order valence-corrected chi connectivity index (χ2v) is 5.54. The maximum Gasteiger partial charge on any atom is 0.259 e. The third-order valence-electron chi connectivity index (χ3n) is 3.50. The summed E-state index contributed by atoms with van der Waals surface area (Å²) < 4.78 is 5.64. The van der Waals surface area contributed by atoms with Gasteiger partial charge in [-0.2, -0.15) is 0 Å². The van der Waals surface area contributed by atoms with Gasteiger partial charge in [-0.25, -0.2) is 0 Å². The molecule has 1 atom stereocenters. The predicted molar refractivity (Wildman–Crippen MR) is 90.1 cm³/mol. The third-order valence-corrected chi connectivity index (χ3v) is 3.50. The molecule has 3 N–H and O–H groups in total. The molecule has 128 valence electrons. The Morgan fingerprint density at radius 1 is 1.30 bits per heavy atom. The number of rotatable bonds is 9. The van der Waals surface area contributed by atoms with Crippen LogP contribution in [0.1, 0.15) is 37.8 Å². The number of amides is 2. The molecule has 0 spiro atoms. The summed E-state index contributed by atoms with van der Waals surface area (Å²) in [5, 5.41) is 3.00. The molecule has 0 saturated carbocycles. The minimum Gasteiger partial charge on any atom is -0.483 e. The molecule has 1 unspecified atom stereocenters. The zero-order valence-corrected chi connectivity index (χ0v) is 14.2. The Morgan fingerprint density at radius 2 is 2.00 bits per heavy atom. The van der Waals surface area contributed by atoms with Crippen LogP contribution >= 0.6 is 0 Å². The van der Waals surface area contributed by atoms with Gasteiger partial charge in [0, 0.05) is 26.1 Å². The van der Waals surface area contributed by atoms with Crippen molar-refractivity contribution in [2.24, 2.45) is 5.73 Å². The Hall–Kier alpha value is -2.08. The first-order valence-corrected chi connectivity index (χ1v) is 7.90. The number of carbonyl (C=O) groups excluding carboxylic acids is 2. The average molecular weight is 321 g/mol. The monoisotopic (exact) mass is 321 g/mol. The highest BCUT2D eigenvalue weighted by atomic mass is 16.5. The molecule has 23 heavy (non-hydrogen) atoms. The lowest BCUT2D eigenvalue weighted by Gasteiger charge is -2.21. The van der Waals surface area contributed by atoms with E-state index in [2.05, 4.69) is 5.32 Å². The number of nitrogens with one attached hydrogen (secondary N) is 1. The van der Waals surface area contributed by atoms with E-state index in [-0.39, 0.29) is 24.5 Å². The van der Waals surface area contributed by atoms with Gasteiger partial charge in [-0.1, -0.05) is 25.1 Å². The normalized spacial score (nSPS) is 11.7. The van der Waals surface area contributed by atoms with Gasteiger partial charge in [0.1, 0.15) is 5.75 Å². The second kappa shape index (κ2) is 9.84. The number of para-hydroxylation sites is 1. The standard InChI is InChI=1S/C17H27N3O3/c1-4-14(19-16(21)10-7-11-18)13-8-5-6-9-15(13)23-12-17(22)20(2)3/h5-6,8-9,14H,4,7,10-12,18H2,1-3H3,(H,19,21). The number of hydrogen-bond acceptors (Lipinski definition) is 4. The van der Waals surface area contributed by atoms with E-state index in [4.69, 9.17) is 10.5 Å². The molecule has 1 aromatic carbocycles. The molecule has 6 nitrogen and oxygen atoms in total. The van der Waals surface area contributed by atoms with E-state index in [1.807, 2.05) is 31.2 Å². The number of benzene rings is 1. The number of likely N-dealkylation sites (N-methyl/N-ethyl adjacent to an activating group) is 1. The van der Waals surface area contributed by atoms with E-state index in [0.29, 0.717) is 25.1 Å². The minimum absolute atomic E-state index is 0.0262. The molecule has 0 aromatic heterocycles. The van der Waals surface area contributed by atoms with Crippen molar-refractivity contribution < 1.29 is 14.3 Å². The van der Waals surface area contributed by atoms with E-state index in [1.54, 1.807) is 14.1 Å². The number of carbonyl (C=O) groups is 2. The Balaban J connectivity index is 2.79. The molecule has 0 fully saturated rings. The molecule has 0 bridgehead atoms. The molecular weight excluding hydrogens is 294 g/mol. The lowest BCUT2D eigenvalue weighted by Crippen LogP contribution is -2.30. The highest BCUT2D eigenvalue weighted by Crippen LogP contribution is 2.27. The summed E-state index contributed by atoms with van der Waals surface area (Å²) in [5.41, 5.74) is 6.31. The van der Waals surface area contributed by atoms with Crippen molar-refractivity contribution in [2.75, 3.05) is 27.2 Å². The van der Waals surface area contributed by atoms with Gasteiger partial charge in [0.25, 0.3) is 5.91 Å². The number of nitrogens with two attached hydrogens (primary N) is 1. The highest BCUT2D eigenvalue weighted by Gasteiger charge is 2.17. The van der Waals surface area contributed by atoms with E-state index in [9.17, 15) is 9.59 Å². The van der Waals surface area contributed by atoms with Gasteiger partial charge < -0.3 is 20.7 Å². The molecule has 0 heterocycles. The first-order valence-electron chi connectivity index (χ1n) is 7.90. The lowest BCUT2D eigenvalue weighted by molar-refractivity contribution is -0.130. The van der Waals surface area contributed by atoms with Gasteiger partial charge in [-0.3, -0.25) is 9.59 Å².